The normalized spacial score (nSPS) is 10.5. The first-order valence-electron chi connectivity index (χ1n) is 8.13. The van der Waals surface area contributed by atoms with E-state index in [4.69, 9.17) is 4.74 Å². The van der Waals surface area contributed by atoms with Gasteiger partial charge in [0, 0.05) is 29.5 Å². The van der Waals surface area contributed by atoms with Gasteiger partial charge in [0.25, 0.3) is 5.91 Å². The van der Waals surface area contributed by atoms with E-state index in [-0.39, 0.29) is 5.91 Å². The minimum Gasteiger partial charge on any atom is -0.439 e. The molecule has 0 saturated carbocycles. The molecule has 0 aliphatic heterocycles. The maximum Gasteiger partial charge on any atom is 0.257 e. The van der Waals surface area contributed by atoms with E-state index < -0.39 is 0 Å². The van der Waals surface area contributed by atoms with E-state index in [9.17, 15) is 4.79 Å². The van der Waals surface area contributed by atoms with Crippen molar-refractivity contribution in [1.29, 1.82) is 0 Å². The zero-order valence-electron chi connectivity index (χ0n) is 13.8. The second kappa shape index (κ2) is 7.03. The Morgan fingerprint density at radius 3 is 2.58 bits per heavy atom. The Morgan fingerprint density at radius 2 is 1.77 bits per heavy atom. The fourth-order valence-corrected chi connectivity index (χ4v) is 2.54. The predicted octanol–water partition coefficient (Wildman–Crippen LogP) is 4.67. The van der Waals surface area contributed by atoms with Crippen molar-refractivity contribution in [2.45, 2.75) is 0 Å². The summed E-state index contributed by atoms with van der Waals surface area (Å²) in [5.74, 6) is 0.901. The monoisotopic (exact) mass is 341 g/mol. The van der Waals surface area contributed by atoms with Crippen LogP contribution in [0.25, 0.3) is 10.9 Å². The summed E-state index contributed by atoms with van der Waals surface area (Å²) in [4.78, 5) is 20.9. The molecule has 1 amide bonds. The molecule has 2 aromatic heterocycles. The van der Waals surface area contributed by atoms with E-state index >= 15 is 0 Å². The van der Waals surface area contributed by atoms with Crippen molar-refractivity contribution in [3.05, 3.63) is 90.8 Å². The Hall–Kier alpha value is -3.73. The molecule has 0 atom stereocenters. The van der Waals surface area contributed by atoms with Gasteiger partial charge in [-0.25, -0.2) is 4.98 Å². The van der Waals surface area contributed by atoms with Gasteiger partial charge in [-0.1, -0.05) is 24.3 Å². The quantitative estimate of drug-likeness (QED) is 0.586. The minimum absolute atomic E-state index is 0.230. The molecule has 0 aliphatic carbocycles. The number of ether oxygens (including phenoxy) is 1. The lowest BCUT2D eigenvalue weighted by Gasteiger charge is -2.07. The Labute approximate surface area is 150 Å². The fraction of sp³-hybridized carbons (Fsp3) is 0. The molecule has 4 rings (SSSR count). The SMILES string of the molecule is O=C(Nc1ccc2ncccc2c1)c1ccc(Oc2ccccc2)nc1. The minimum atomic E-state index is -0.230. The van der Waals surface area contributed by atoms with Crippen LogP contribution in [0.15, 0.2) is 85.2 Å². The van der Waals surface area contributed by atoms with Crippen molar-refractivity contribution in [2.75, 3.05) is 5.32 Å². The molecule has 5 nitrogen and oxygen atoms in total. The van der Waals surface area contributed by atoms with Crippen LogP contribution in [0.3, 0.4) is 0 Å². The number of fused-ring (bicyclic) bond motifs is 1. The summed E-state index contributed by atoms with van der Waals surface area (Å²) in [6.07, 6.45) is 3.24. The van der Waals surface area contributed by atoms with E-state index in [1.165, 1.54) is 6.20 Å². The molecule has 126 valence electrons. The van der Waals surface area contributed by atoms with Crippen LogP contribution >= 0.6 is 0 Å². The number of carbonyl (C=O) groups is 1. The predicted molar refractivity (Wildman–Crippen MR) is 100 cm³/mol. The van der Waals surface area contributed by atoms with Crippen molar-refractivity contribution in [1.82, 2.24) is 9.97 Å². The molecular formula is C21H15N3O2. The molecule has 0 radical (unpaired) electrons. The lowest BCUT2D eigenvalue weighted by Crippen LogP contribution is -2.12. The smallest absolute Gasteiger partial charge is 0.257 e. The molecule has 26 heavy (non-hydrogen) atoms. The number of nitrogens with one attached hydrogen (secondary N) is 1. The number of hydrogen-bond acceptors (Lipinski definition) is 4. The van der Waals surface area contributed by atoms with Crippen LogP contribution in [-0.4, -0.2) is 15.9 Å². The summed E-state index contributed by atoms with van der Waals surface area (Å²) in [5, 5.41) is 3.84. The molecule has 0 spiro atoms. The second-order valence-corrected chi connectivity index (χ2v) is 5.67. The zero-order chi connectivity index (χ0) is 17.8. The largest absolute Gasteiger partial charge is 0.439 e. The third kappa shape index (κ3) is 3.52. The third-order valence-electron chi connectivity index (χ3n) is 3.83. The third-order valence-corrected chi connectivity index (χ3v) is 3.83. The van der Waals surface area contributed by atoms with Crippen molar-refractivity contribution < 1.29 is 9.53 Å². The average molecular weight is 341 g/mol. The summed E-state index contributed by atoms with van der Waals surface area (Å²) >= 11 is 0. The standard InChI is InChI=1S/C21H15N3O2/c25-21(24-17-9-10-19-15(13-17)5-4-12-22-19)16-8-11-20(23-14-16)26-18-6-2-1-3-7-18/h1-14H,(H,24,25). The topological polar surface area (TPSA) is 64.1 Å². The molecule has 2 aromatic carbocycles. The first-order valence-corrected chi connectivity index (χ1v) is 8.13. The number of hydrogen-bond donors (Lipinski definition) is 1. The van der Waals surface area contributed by atoms with Gasteiger partial charge >= 0.3 is 0 Å². The number of pyridine rings is 2. The lowest BCUT2D eigenvalue weighted by molar-refractivity contribution is 0.102. The van der Waals surface area contributed by atoms with Gasteiger partial charge in [0.15, 0.2) is 0 Å². The summed E-state index contributed by atoms with van der Waals surface area (Å²) in [5.41, 5.74) is 2.05. The van der Waals surface area contributed by atoms with E-state index in [0.29, 0.717) is 22.9 Å². The summed E-state index contributed by atoms with van der Waals surface area (Å²) in [6.45, 7) is 0. The Bertz CT molecular complexity index is 1050. The summed E-state index contributed by atoms with van der Waals surface area (Å²) < 4.78 is 5.63. The molecule has 2 heterocycles. The van der Waals surface area contributed by atoms with E-state index in [1.54, 1.807) is 18.3 Å². The second-order valence-electron chi connectivity index (χ2n) is 5.67. The summed E-state index contributed by atoms with van der Waals surface area (Å²) in [6, 6.07) is 22.1. The number of anilines is 1. The first kappa shape index (κ1) is 15.8. The van der Waals surface area contributed by atoms with Gasteiger partial charge in [0.1, 0.15) is 5.75 Å². The van der Waals surface area contributed by atoms with Crippen LogP contribution in [-0.2, 0) is 0 Å². The molecule has 4 aromatic rings. The van der Waals surface area contributed by atoms with Crippen LogP contribution in [0.1, 0.15) is 10.4 Å². The Balaban J connectivity index is 1.47. The molecule has 0 fully saturated rings. The molecule has 5 heteroatoms. The number of para-hydroxylation sites is 1. The van der Waals surface area contributed by atoms with Crippen LogP contribution < -0.4 is 10.1 Å². The van der Waals surface area contributed by atoms with Gasteiger partial charge in [-0.15, -0.1) is 0 Å². The molecule has 1 N–H and O–H groups in total. The molecule has 0 unspecified atom stereocenters. The number of amides is 1. The highest BCUT2D eigenvalue weighted by Crippen LogP contribution is 2.20. The molecular weight excluding hydrogens is 326 g/mol. The number of aromatic nitrogens is 2. The van der Waals surface area contributed by atoms with Gasteiger partial charge in [0.05, 0.1) is 11.1 Å². The number of carbonyl (C=O) groups excluding carboxylic acids is 1. The van der Waals surface area contributed by atoms with E-state index in [2.05, 4.69) is 15.3 Å². The van der Waals surface area contributed by atoms with Gasteiger partial charge in [-0.3, -0.25) is 9.78 Å². The Kier molecular flexibility index (Phi) is 4.26. The van der Waals surface area contributed by atoms with Crippen LogP contribution in [0.5, 0.6) is 11.6 Å². The van der Waals surface area contributed by atoms with Crippen LogP contribution in [0.2, 0.25) is 0 Å². The van der Waals surface area contributed by atoms with Gasteiger partial charge in [0.2, 0.25) is 5.88 Å². The maximum absolute atomic E-state index is 12.4. The van der Waals surface area contributed by atoms with E-state index in [1.807, 2.05) is 60.7 Å². The van der Waals surface area contributed by atoms with Crippen LogP contribution in [0.4, 0.5) is 5.69 Å². The molecule has 0 aliphatic rings. The van der Waals surface area contributed by atoms with Crippen molar-refractivity contribution >= 4 is 22.5 Å². The fourth-order valence-electron chi connectivity index (χ4n) is 2.54. The highest BCUT2D eigenvalue weighted by atomic mass is 16.5. The van der Waals surface area contributed by atoms with Crippen LogP contribution in [0, 0.1) is 0 Å². The van der Waals surface area contributed by atoms with Crippen molar-refractivity contribution in [3.63, 3.8) is 0 Å². The first-order chi connectivity index (χ1) is 12.8. The number of nitrogens with zero attached hydrogens (tertiary/aromatic N) is 2. The summed E-state index contributed by atoms with van der Waals surface area (Å²) in [7, 11) is 0. The lowest BCUT2D eigenvalue weighted by atomic mass is 10.2. The Morgan fingerprint density at radius 1 is 0.885 bits per heavy atom. The van der Waals surface area contributed by atoms with Gasteiger partial charge in [-0.05, 0) is 42.5 Å². The number of benzene rings is 2. The van der Waals surface area contributed by atoms with Crippen molar-refractivity contribution in [3.8, 4) is 11.6 Å². The maximum atomic E-state index is 12.4. The zero-order valence-corrected chi connectivity index (χ0v) is 13.8. The van der Waals surface area contributed by atoms with Gasteiger partial charge < -0.3 is 10.1 Å². The van der Waals surface area contributed by atoms with E-state index in [0.717, 1.165) is 10.9 Å². The highest BCUT2D eigenvalue weighted by molar-refractivity contribution is 6.04. The molecule has 0 bridgehead atoms. The number of rotatable bonds is 4. The van der Waals surface area contributed by atoms with Gasteiger partial charge in [-0.2, -0.15) is 0 Å². The molecule has 0 saturated heterocycles. The average Bonchev–Trinajstić information content (AvgIpc) is 2.69. The highest BCUT2D eigenvalue weighted by Gasteiger charge is 2.08. The van der Waals surface area contributed by atoms with Crippen molar-refractivity contribution in [2.24, 2.45) is 0 Å².